The van der Waals surface area contributed by atoms with Crippen LogP contribution >= 0.6 is 0 Å². The average molecular weight is 370 g/mol. The van der Waals surface area contributed by atoms with Gasteiger partial charge in [-0.15, -0.1) is 0 Å². The molecule has 0 saturated carbocycles. The molecule has 2 aromatic heterocycles. The topological polar surface area (TPSA) is 87.2 Å². The number of nitrogens with one attached hydrogen (secondary N) is 1. The highest BCUT2D eigenvalue weighted by Crippen LogP contribution is 2.28. The van der Waals surface area contributed by atoms with Gasteiger partial charge in [-0.1, -0.05) is 0 Å². The van der Waals surface area contributed by atoms with Gasteiger partial charge in [-0.2, -0.15) is 0 Å². The van der Waals surface area contributed by atoms with Crippen molar-refractivity contribution < 1.29 is 9.53 Å². The van der Waals surface area contributed by atoms with Gasteiger partial charge in [0.1, 0.15) is 17.3 Å². The Morgan fingerprint density at radius 3 is 2.78 bits per heavy atom. The lowest BCUT2D eigenvalue weighted by molar-refractivity contribution is 0.0699. The van der Waals surface area contributed by atoms with E-state index in [-0.39, 0.29) is 11.8 Å². The number of aromatic nitrogens is 4. The van der Waals surface area contributed by atoms with E-state index in [4.69, 9.17) is 9.72 Å². The fourth-order valence-electron chi connectivity index (χ4n) is 3.87. The first-order valence-electron chi connectivity index (χ1n) is 9.59. The molecule has 8 heteroatoms. The van der Waals surface area contributed by atoms with Crippen LogP contribution in [0.5, 0.6) is 0 Å². The number of morpholine rings is 1. The van der Waals surface area contributed by atoms with Crippen molar-refractivity contribution in [3.63, 3.8) is 0 Å². The van der Waals surface area contributed by atoms with Crippen molar-refractivity contribution in [2.45, 2.75) is 32.6 Å². The monoisotopic (exact) mass is 370 g/mol. The van der Waals surface area contributed by atoms with E-state index >= 15 is 0 Å². The first kappa shape index (κ1) is 17.9. The van der Waals surface area contributed by atoms with Crippen LogP contribution in [0.4, 0.5) is 5.82 Å². The molecule has 27 heavy (non-hydrogen) atoms. The van der Waals surface area contributed by atoms with Crippen molar-refractivity contribution in [3.05, 3.63) is 35.3 Å². The van der Waals surface area contributed by atoms with Gasteiger partial charge in [-0.05, 0) is 26.7 Å². The van der Waals surface area contributed by atoms with E-state index in [0.29, 0.717) is 12.2 Å². The summed E-state index contributed by atoms with van der Waals surface area (Å²) in [5.41, 5.74) is 2.36. The Morgan fingerprint density at radius 1 is 1.22 bits per heavy atom. The zero-order valence-corrected chi connectivity index (χ0v) is 15.9. The third kappa shape index (κ3) is 3.80. The van der Waals surface area contributed by atoms with E-state index in [0.717, 1.165) is 68.7 Å². The molecule has 2 aromatic rings. The fraction of sp³-hybridized carbons (Fsp3) is 0.579. The van der Waals surface area contributed by atoms with Crippen LogP contribution in [0.1, 0.15) is 46.5 Å². The van der Waals surface area contributed by atoms with E-state index in [1.165, 1.54) is 0 Å². The van der Waals surface area contributed by atoms with Crippen molar-refractivity contribution in [1.82, 2.24) is 24.8 Å². The Bertz CT molecular complexity index is 814. The lowest BCUT2D eigenvalue weighted by Gasteiger charge is -2.33. The molecule has 1 unspecified atom stereocenters. The van der Waals surface area contributed by atoms with Gasteiger partial charge in [0, 0.05) is 43.9 Å². The number of anilines is 1. The molecule has 0 bridgehead atoms. The molecular formula is C19H26N6O2. The number of nitrogens with zero attached hydrogens (tertiary/aromatic N) is 5. The van der Waals surface area contributed by atoms with Gasteiger partial charge in [-0.25, -0.2) is 15.0 Å². The number of aryl methyl sites for hydroxylation is 2. The molecule has 1 N–H and O–H groups in total. The van der Waals surface area contributed by atoms with Crippen LogP contribution in [-0.4, -0.2) is 70.1 Å². The molecule has 2 aliphatic heterocycles. The molecule has 0 radical (unpaired) electrons. The summed E-state index contributed by atoms with van der Waals surface area (Å²) < 4.78 is 5.45. The molecule has 0 spiro atoms. The third-order valence-electron chi connectivity index (χ3n) is 5.34. The van der Waals surface area contributed by atoms with Crippen LogP contribution in [-0.2, 0) is 4.74 Å². The summed E-state index contributed by atoms with van der Waals surface area (Å²) in [5.74, 6) is 1.97. The van der Waals surface area contributed by atoms with Crippen LogP contribution in [0.3, 0.4) is 0 Å². The highest BCUT2D eigenvalue weighted by molar-refractivity contribution is 5.93. The molecule has 1 atom stereocenters. The lowest BCUT2D eigenvalue weighted by atomic mass is 9.94. The standard InChI is InChI=1S/C19H26N6O2/c1-13-18(21-12-20-13)19(26)25-5-3-4-15(11-25)16-10-17(23-14(2)22-16)24-6-8-27-9-7-24/h10,12,15H,3-9,11H2,1-2H3,(H,20,21). The fourth-order valence-corrected chi connectivity index (χ4v) is 3.87. The Kier molecular flexibility index (Phi) is 5.07. The number of hydrogen-bond acceptors (Lipinski definition) is 6. The van der Waals surface area contributed by atoms with E-state index < -0.39 is 0 Å². The number of imidazole rings is 1. The Hall–Kier alpha value is -2.48. The number of likely N-dealkylation sites (tertiary alicyclic amines) is 1. The second-order valence-electron chi connectivity index (χ2n) is 7.26. The van der Waals surface area contributed by atoms with Crippen LogP contribution in [0, 0.1) is 13.8 Å². The number of piperidine rings is 1. The number of carbonyl (C=O) groups is 1. The molecule has 0 aliphatic carbocycles. The number of hydrogen-bond donors (Lipinski definition) is 1. The van der Waals surface area contributed by atoms with Crippen molar-refractivity contribution in [2.75, 3.05) is 44.3 Å². The summed E-state index contributed by atoms with van der Waals surface area (Å²) in [6.45, 7) is 8.41. The minimum Gasteiger partial charge on any atom is -0.378 e. The number of ether oxygens (including phenoxy) is 1. The van der Waals surface area contributed by atoms with E-state index in [1.807, 2.05) is 18.7 Å². The number of aromatic amines is 1. The zero-order chi connectivity index (χ0) is 18.8. The van der Waals surface area contributed by atoms with Gasteiger partial charge in [-0.3, -0.25) is 4.79 Å². The molecule has 4 rings (SSSR count). The maximum absolute atomic E-state index is 12.8. The zero-order valence-electron chi connectivity index (χ0n) is 15.9. The molecule has 4 heterocycles. The van der Waals surface area contributed by atoms with Crippen LogP contribution in [0.25, 0.3) is 0 Å². The first-order chi connectivity index (χ1) is 13.1. The van der Waals surface area contributed by atoms with Crippen LogP contribution in [0.2, 0.25) is 0 Å². The third-order valence-corrected chi connectivity index (χ3v) is 5.34. The number of H-pyrrole nitrogens is 1. The quantitative estimate of drug-likeness (QED) is 0.884. The Balaban J connectivity index is 1.53. The van der Waals surface area contributed by atoms with Gasteiger partial charge in [0.2, 0.25) is 0 Å². The molecular weight excluding hydrogens is 344 g/mol. The predicted octanol–water partition coefficient (Wildman–Crippen LogP) is 1.67. The lowest BCUT2D eigenvalue weighted by Crippen LogP contribution is -2.40. The number of amides is 1. The summed E-state index contributed by atoms with van der Waals surface area (Å²) in [5, 5.41) is 0. The smallest absolute Gasteiger partial charge is 0.274 e. The average Bonchev–Trinajstić information content (AvgIpc) is 3.13. The second-order valence-corrected chi connectivity index (χ2v) is 7.26. The SMILES string of the molecule is Cc1nc(C2CCCN(C(=O)c3nc[nH]c3C)C2)cc(N2CCOCC2)n1. The highest BCUT2D eigenvalue weighted by Gasteiger charge is 2.29. The van der Waals surface area contributed by atoms with Gasteiger partial charge >= 0.3 is 0 Å². The van der Waals surface area contributed by atoms with Crippen LogP contribution < -0.4 is 4.90 Å². The Morgan fingerprint density at radius 2 is 2.04 bits per heavy atom. The van der Waals surface area contributed by atoms with Gasteiger partial charge in [0.25, 0.3) is 5.91 Å². The molecule has 8 nitrogen and oxygen atoms in total. The molecule has 2 fully saturated rings. The molecule has 2 saturated heterocycles. The van der Waals surface area contributed by atoms with Crippen LogP contribution in [0.15, 0.2) is 12.4 Å². The summed E-state index contributed by atoms with van der Waals surface area (Å²) in [6.07, 6.45) is 3.57. The van der Waals surface area contributed by atoms with E-state index in [2.05, 4.69) is 25.9 Å². The van der Waals surface area contributed by atoms with Gasteiger partial charge < -0.3 is 19.5 Å². The van der Waals surface area contributed by atoms with Crippen molar-refractivity contribution in [1.29, 1.82) is 0 Å². The minimum absolute atomic E-state index is 0.00219. The maximum atomic E-state index is 12.8. The van der Waals surface area contributed by atoms with Gasteiger partial charge in [0.15, 0.2) is 0 Å². The number of carbonyl (C=O) groups excluding carboxylic acids is 1. The molecule has 144 valence electrons. The van der Waals surface area contributed by atoms with Crippen molar-refractivity contribution in [3.8, 4) is 0 Å². The maximum Gasteiger partial charge on any atom is 0.274 e. The molecule has 1 amide bonds. The molecule has 0 aromatic carbocycles. The Labute approximate surface area is 159 Å². The summed E-state index contributed by atoms with van der Waals surface area (Å²) >= 11 is 0. The molecule has 2 aliphatic rings. The number of rotatable bonds is 3. The summed E-state index contributed by atoms with van der Waals surface area (Å²) in [4.78, 5) is 33.5. The van der Waals surface area contributed by atoms with Crippen molar-refractivity contribution >= 4 is 11.7 Å². The largest absolute Gasteiger partial charge is 0.378 e. The highest BCUT2D eigenvalue weighted by atomic mass is 16.5. The van der Waals surface area contributed by atoms with Gasteiger partial charge in [0.05, 0.1) is 25.2 Å². The summed E-state index contributed by atoms with van der Waals surface area (Å²) in [6, 6.07) is 2.09. The summed E-state index contributed by atoms with van der Waals surface area (Å²) in [7, 11) is 0. The van der Waals surface area contributed by atoms with E-state index in [9.17, 15) is 4.79 Å². The van der Waals surface area contributed by atoms with E-state index in [1.54, 1.807) is 6.33 Å². The van der Waals surface area contributed by atoms with Crippen molar-refractivity contribution in [2.24, 2.45) is 0 Å². The predicted molar refractivity (Wildman–Crippen MR) is 101 cm³/mol. The minimum atomic E-state index is -0.00219. The first-order valence-corrected chi connectivity index (χ1v) is 9.59. The normalized spacial score (nSPS) is 20.7. The second kappa shape index (κ2) is 7.64.